The van der Waals surface area contributed by atoms with Crippen LogP contribution in [0.25, 0.3) is 0 Å². The third-order valence-corrected chi connectivity index (χ3v) is 2.41. The molecule has 0 aliphatic rings. The molecule has 17 heavy (non-hydrogen) atoms. The Morgan fingerprint density at radius 3 is 0.941 bits per heavy atom. The van der Waals surface area contributed by atoms with Crippen LogP contribution in [0.3, 0.4) is 0 Å². The van der Waals surface area contributed by atoms with Crippen molar-refractivity contribution in [1.82, 2.24) is 0 Å². The zero-order valence-electron chi connectivity index (χ0n) is 8.85. The van der Waals surface area contributed by atoms with Gasteiger partial charge in [-0.15, -0.1) is 0 Å². The van der Waals surface area contributed by atoms with Crippen molar-refractivity contribution in [2.75, 3.05) is 0 Å². The van der Waals surface area contributed by atoms with Crippen LogP contribution in [0.2, 0.25) is 0 Å². The molecule has 0 saturated heterocycles. The van der Waals surface area contributed by atoms with E-state index in [-0.39, 0.29) is 37.4 Å². The van der Waals surface area contributed by atoms with Crippen LogP contribution in [0.4, 0.5) is 0 Å². The van der Waals surface area contributed by atoms with E-state index in [1.807, 2.05) is 0 Å². The molecule has 0 fully saturated rings. The minimum atomic E-state index is -1.45. The number of carboxylic acids is 2. The van der Waals surface area contributed by atoms with Crippen LogP contribution in [-0.4, -0.2) is 11.9 Å². The predicted molar refractivity (Wildman–Crippen MR) is 58.8 cm³/mol. The van der Waals surface area contributed by atoms with Crippen molar-refractivity contribution in [1.29, 1.82) is 0 Å². The number of hydrogen-bond acceptors (Lipinski definition) is 4. The Morgan fingerprint density at radius 2 is 0.941 bits per heavy atom. The zero-order valence-corrected chi connectivity index (χ0v) is 15.9. The standard InChI is InChI=1S/2C4H4Cl2O2.Cd/c2*1-2(5)3(6)4(7)8;/h2*1H3,(H,7,8);/q;;+2/p-2/b2*3-2+;. The van der Waals surface area contributed by atoms with Gasteiger partial charge in [0.15, 0.2) is 0 Å². The van der Waals surface area contributed by atoms with E-state index in [2.05, 4.69) is 0 Å². The van der Waals surface area contributed by atoms with Crippen LogP contribution < -0.4 is 10.2 Å². The number of carboxylic acid groups (broad SMARTS) is 2. The van der Waals surface area contributed by atoms with Crippen molar-refractivity contribution >= 4 is 58.3 Å². The molecule has 0 aromatic rings. The van der Waals surface area contributed by atoms with E-state index in [0.717, 1.165) is 0 Å². The van der Waals surface area contributed by atoms with E-state index in [1.54, 1.807) is 0 Å². The number of halogens is 4. The van der Waals surface area contributed by atoms with Crippen LogP contribution in [0, 0.1) is 0 Å². The summed E-state index contributed by atoms with van der Waals surface area (Å²) in [7, 11) is 0. The maximum absolute atomic E-state index is 9.76. The normalized spacial score (nSPS) is 12.1. The summed E-state index contributed by atoms with van der Waals surface area (Å²) in [6, 6.07) is 0. The predicted octanol–water partition coefficient (Wildman–Crippen LogP) is 0.888. The largest absolute Gasteiger partial charge is 2.00 e. The Bertz CT molecular complexity index is 309. The number of hydrogen-bond donors (Lipinski definition) is 0. The number of carbonyl (C=O) groups is 2. The van der Waals surface area contributed by atoms with E-state index in [0.29, 0.717) is 0 Å². The molecule has 0 amide bonds. The van der Waals surface area contributed by atoms with E-state index in [4.69, 9.17) is 46.4 Å². The monoisotopic (exact) mass is 420 g/mol. The van der Waals surface area contributed by atoms with Crippen molar-refractivity contribution in [3.8, 4) is 0 Å². The average molecular weight is 420 g/mol. The molecule has 0 aromatic carbocycles. The second-order valence-corrected chi connectivity index (χ2v) is 4.16. The summed E-state index contributed by atoms with van der Waals surface area (Å²) in [5, 5.41) is 18.7. The summed E-state index contributed by atoms with van der Waals surface area (Å²) in [5.74, 6) is -2.89. The quantitative estimate of drug-likeness (QED) is 0.491. The number of aliphatic carboxylic acids is 2. The fourth-order valence-electron chi connectivity index (χ4n) is 0.281. The van der Waals surface area contributed by atoms with Gasteiger partial charge >= 0.3 is 27.3 Å². The second-order valence-electron chi connectivity index (χ2n) is 2.27. The third kappa shape index (κ3) is 12.7. The fourth-order valence-corrected chi connectivity index (χ4v) is 0.436. The van der Waals surface area contributed by atoms with E-state index in [1.165, 1.54) is 13.8 Å². The van der Waals surface area contributed by atoms with Crippen LogP contribution in [-0.2, 0) is 36.9 Å². The molecule has 0 aliphatic heterocycles. The molecule has 0 bridgehead atoms. The fraction of sp³-hybridized carbons (Fsp3) is 0.250. The van der Waals surface area contributed by atoms with Crippen molar-refractivity contribution in [3.05, 3.63) is 20.1 Å². The molecular formula is C8H6CdCl4O4. The Kier molecular flexibility index (Phi) is 15.4. The van der Waals surface area contributed by atoms with Crippen molar-refractivity contribution in [2.45, 2.75) is 13.8 Å². The van der Waals surface area contributed by atoms with Gasteiger partial charge in [-0.3, -0.25) is 0 Å². The van der Waals surface area contributed by atoms with Crippen molar-refractivity contribution in [2.24, 2.45) is 0 Å². The first kappa shape index (κ1) is 22.7. The minimum absolute atomic E-state index is 0. The number of carbonyl (C=O) groups excluding carboxylic acids is 2. The van der Waals surface area contributed by atoms with E-state index >= 15 is 0 Å². The summed E-state index contributed by atoms with van der Waals surface area (Å²) in [4.78, 5) is 19.5. The van der Waals surface area contributed by atoms with Gasteiger partial charge in [-0.1, -0.05) is 46.4 Å². The first-order valence-electron chi connectivity index (χ1n) is 3.57. The molecule has 0 aliphatic carbocycles. The Morgan fingerprint density at radius 1 is 0.765 bits per heavy atom. The molecule has 0 N–H and O–H groups in total. The van der Waals surface area contributed by atoms with Crippen LogP contribution >= 0.6 is 46.4 Å². The molecule has 0 heterocycles. The summed E-state index contributed by atoms with van der Waals surface area (Å²) in [6.07, 6.45) is 0. The number of allylic oxidation sites excluding steroid dienone is 2. The summed E-state index contributed by atoms with van der Waals surface area (Å²) in [5.41, 5.74) is 0. The van der Waals surface area contributed by atoms with Crippen molar-refractivity contribution in [3.63, 3.8) is 0 Å². The summed E-state index contributed by atoms with van der Waals surface area (Å²) >= 11 is 20.4. The molecule has 0 unspecified atom stereocenters. The first-order valence-corrected chi connectivity index (χ1v) is 5.08. The van der Waals surface area contributed by atoms with Gasteiger partial charge in [0.05, 0.1) is 22.0 Å². The smallest absolute Gasteiger partial charge is 0.544 e. The molecule has 0 aromatic heterocycles. The van der Waals surface area contributed by atoms with Gasteiger partial charge in [0, 0.05) is 10.1 Å². The maximum atomic E-state index is 9.76. The van der Waals surface area contributed by atoms with Crippen LogP contribution in [0.1, 0.15) is 13.8 Å². The van der Waals surface area contributed by atoms with Crippen LogP contribution in [0.15, 0.2) is 20.1 Å². The van der Waals surface area contributed by atoms with Gasteiger partial charge < -0.3 is 19.8 Å². The molecule has 92 valence electrons. The molecule has 0 rings (SSSR count). The maximum Gasteiger partial charge on any atom is 2.00 e. The average Bonchev–Trinajstić information content (AvgIpc) is 2.15. The van der Waals surface area contributed by atoms with Gasteiger partial charge in [-0.05, 0) is 13.8 Å². The molecular weight excluding hydrogens is 414 g/mol. The molecule has 0 spiro atoms. The first-order chi connectivity index (χ1) is 7.11. The summed E-state index contributed by atoms with van der Waals surface area (Å²) < 4.78 is 0. The van der Waals surface area contributed by atoms with Gasteiger partial charge in [-0.25, -0.2) is 0 Å². The van der Waals surface area contributed by atoms with Crippen molar-refractivity contribution < 1.29 is 47.1 Å². The molecule has 9 heteroatoms. The molecule has 0 saturated carbocycles. The summed E-state index contributed by atoms with van der Waals surface area (Å²) in [6.45, 7) is 2.75. The van der Waals surface area contributed by atoms with Gasteiger partial charge in [0.1, 0.15) is 0 Å². The molecule has 0 radical (unpaired) electrons. The molecule has 4 nitrogen and oxygen atoms in total. The zero-order chi connectivity index (χ0) is 13.5. The van der Waals surface area contributed by atoms with E-state index < -0.39 is 22.0 Å². The Hall–Kier alpha value is 0.502. The number of rotatable bonds is 2. The third-order valence-electron chi connectivity index (χ3n) is 0.963. The topological polar surface area (TPSA) is 80.3 Å². The van der Waals surface area contributed by atoms with Gasteiger partial charge in [0.25, 0.3) is 0 Å². The van der Waals surface area contributed by atoms with Crippen LogP contribution in [0.5, 0.6) is 0 Å². The van der Waals surface area contributed by atoms with E-state index in [9.17, 15) is 19.8 Å². The Balaban J connectivity index is -0.000000218. The Labute approximate surface area is 138 Å². The SMILES string of the molecule is C/C(Cl)=C(\Cl)C(=O)[O-].C/C(Cl)=C(\Cl)C(=O)[O-].[Cd+2]. The second kappa shape index (κ2) is 11.6. The minimum Gasteiger partial charge on any atom is -0.544 e. The van der Waals surface area contributed by atoms with Gasteiger partial charge in [-0.2, -0.15) is 0 Å². The molecule has 0 atom stereocenters. The van der Waals surface area contributed by atoms with Gasteiger partial charge in [0.2, 0.25) is 0 Å².